The van der Waals surface area contributed by atoms with E-state index in [0.717, 1.165) is 24.8 Å². The van der Waals surface area contributed by atoms with Crippen molar-refractivity contribution in [2.45, 2.75) is 65.1 Å². The molecule has 2 unspecified atom stereocenters. The molecule has 0 saturated heterocycles. The van der Waals surface area contributed by atoms with Gasteiger partial charge in [-0.3, -0.25) is 9.59 Å². The average molecular weight is 316 g/mol. The normalized spacial score (nSPS) is 21.0. The highest BCUT2D eigenvalue weighted by Gasteiger charge is 2.29. The van der Waals surface area contributed by atoms with Crippen LogP contribution in [0.3, 0.4) is 0 Å². The van der Waals surface area contributed by atoms with E-state index >= 15 is 0 Å². The SMILES string of the molecule is CC1CCCCC1NC(=O)C(=O)N(Cc1ccccc1)C(C)C. The van der Waals surface area contributed by atoms with Crippen LogP contribution in [-0.4, -0.2) is 28.8 Å². The summed E-state index contributed by atoms with van der Waals surface area (Å²) in [5.74, 6) is -0.447. The zero-order chi connectivity index (χ0) is 16.8. The Morgan fingerprint density at radius 2 is 1.83 bits per heavy atom. The van der Waals surface area contributed by atoms with Gasteiger partial charge in [0.25, 0.3) is 0 Å². The molecule has 1 aromatic carbocycles. The summed E-state index contributed by atoms with van der Waals surface area (Å²) in [5, 5.41) is 2.96. The lowest BCUT2D eigenvalue weighted by molar-refractivity contribution is -0.148. The summed E-state index contributed by atoms with van der Waals surface area (Å²) in [6, 6.07) is 9.91. The molecule has 2 atom stereocenters. The summed E-state index contributed by atoms with van der Waals surface area (Å²) in [5.41, 5.74) is 1.04. The number of amides is 2. The van der Waals surface area contributed by atoms with Gasteiger partial charge in [0.05, 0.1) is 0 Å². The molecule has 1 aliphatic carbocycles. The molecule has 1 aliphatic rings. The molecule has 2 amide bonds. The zero-order valence-corrected chi connectivity index (χ0v) is 14.4. The van der Waals surface area contributed by atoms with Crippen molar-refractivity contribution in [3.63, 3.8) is 0 Å². The van der Waals surface area contributed by atoms with Crippen LogP contribution in [0, 0.1) is 5.92 Å². The van der Waals surface area contributed by atoms with Crippen LogP contribution in [0.1, 0.15) is 52.0 Å². The number of benzene rings is 1. The lowest BCUT2D eigenvalue weighted by Gasteiger charge is -2.31. The van der Waals surface area contributed by atoms with E-state index in [1.165, 1.54) is 6.42 Å². The van der Waals surface area contributed by atoms with Gasteiger partial charge in [0.15, 0.2) is 0 Å². The molecule has 0 bridgehead atoms. The molecule has 23 heavy (non-hydrogen) atoms. The van der Waals surface area contributed by atoms with Gasteiger partial charge in [-0.15, -0.1) is 0 Å². The van der Waals surface area contributed by atoms with Crippen LogP contribution >= 0.6 is 0 Å². The number of hydrogen-bond acceptors (Lipinski definition) is 2. The molecule has 0 spiro atoms. The highest BCUT2D eigenvalue weighted by atomic mass is 16.2. The number of nitrogens with one attached hydrogen (secondary N) is 1. The van der Waals surface area contributed by atoms with Crippen LogP contribution in [-0.2, 0) is 16.1 Å². The quantitative estimate of drug-likeness (QED) is 0.868. The Balaban J connectivity index is 2.00. The van der Waals surface area contributed by atoms with Crippen molar-refractivity contribution in [2.24, 2.45) is 5.92 Å². The first-order valence-electron chi connectivity index (χ1n) is 8.64. The third-order valence-corrected chi connectivity index (χ3v) is 4.70. The Morgan fingerprint density at radius 1 is 1.17 bits per heavy atom. The first-order valence-corrected chi connectivity index (χ1v) is 8.64. The molecule has 0 heterocycles. The van der Waals surface area contributed by atoms with Gasteiger partial charge < -0.3 is 10.2 Å². The average Bonchev–Trinajstić information content (AvgIpc) is 2.54. The van der Waals surface area contributed by atoms with Crippen molar-refractivity contribution in [1.29, 1.82) is 0 Å². The fraction of sp³-hybridized carbons (Fsp3) is 0.579. The maximum Gasteiger partial charge on any atom is 0.312 e. The number of carbonyl (C=O) groups excluding carboxylic acids is 2. The Kier molecular flexibility index (Phi) is 6.20. The van der Waals surface area contributed by atoms with Gasteiger partial charge in [-0.25, -0.2) is 0 Å². The molecule has 4 nitrogen and oxygen atoms in total. The molecule has 1 N–H and O–H groups in total. The smallest absolute Gasteiger partial charge is 0.312 e. The Morgan fingerprint density at radius 3 is 2.43 bits per heavy atom. The van der Waals surface area contributed by atoms with Gasteiger partial charge in [-0.05, 0) is 38.2 Å². The molecular weight excluding hydrogens is 288 g/mol. The standard InChI is InChI=1S/C19H28N2O2/c1-14(2)21(13-16-10-5-4-6-11-16)19(23)18(22)20-17-12-8-7-9-15(17)3/h4-6,10-11,14-15,17H,7-9,12-13H2,1-3H3,(H,20,22). The van der Waals surface area contributed by atoms with Gasteiger partial charge in [0.1, 0.15) is 0 Å². The van der Waals surface area contributed by atoms with E-state index in [9.17, 15) is 9.59 Å². The maximum absolute atomic E-state index is 12.6. The van der Waals surface area contributed by atoms with E-state index in [2.05, 4.69) is 12.2 Å². The molecular formula is C19H28N2O2. The third-order valence-electron chi connectivity index (χ3n) is 4.70. The van der Waals surface area contributed by atoms with Crippen LogP contribution in [0.4, 0.5) is 0 Å². The third kappa shape index (κ3) is 4.81. The fourth-order valence-electron chi connectivity index (χ4n) is 3.16. The number of nitrogens with zero attached hydrogens (tertiary/aromatic N) is 1. The second-order valence-electron chi connectivity index (χ2n) is 6.85. The number of rotatable bonds is 4. The van der Waals surface area contributed by atoms with E-state index in [-0.39, 0.29) is 12.1 Å². The van der Waals surface area contributed by atoms with Crippen LogP contribution in [0.25, 0.3) is 0 Å². The highest BCUT2D eigenvalue weighted by molar-refractivity contribution is 6.35. The predicted octanol–water partition coefficient (Wildman–Crippen LogP) is 3.12. The predicted molar refractivity (Wildman–Crippen MR) is 91.7 cm³/mol. The minimum absolute atomic E-state index is 0.0164. The van der Waals surface area contributed by atoms with Crippen LogP contribution in [0.2, 0.25) is 0 Å². The molecule has 0 aliphatic heterocycles. The Hall–Kier alpha value is -1.84. The summed E-state index contributed by atoms with van der Waals surface area (Å²) < 4.78 is 0. The van der Waals surface area contributed by atoms with Crippen molar-refractivity contribution in [3.8, 4) is 0 Å². The second-order valence-corrected chi connectivity index (χ2v) is 6.85. The summed E-state index contributed by atoms with van der Waals surface area (Å²) in [6.45, 7) is 6.50. The Labute approximate surface area is 139 Å². The zero-order valence-electron chi connectivity index (χ0n) is 14.4. The summed E-state index contributed by atoms with van der Waals surface area (Å²) in [7, 11) is 0. The monoisotopic (exact) mass is 316 g/mol. The molecule has 1 fully saturated rings. The lowest BCUT2D eigenvalue weighted by atomic mass is 9.86. The van der Waals surface area contributed by atoms with Crippen molar-refractivity contribution < 1.29 is 9.59 Å². The first-order chi connectivity index (χ1) is 11.0. The molecule has 1 saturated carbocycles. The van der Waals surface area contributed by atoms with Crippen molar-refractivity contribution >= 4 is 11.8 Å². The molecule has 1 aromatic rings. The number of carbonyl (C=O) groups is 2. The van der Waals surface area contributed by atoms with E-state index in [0.29, 0.717) is 12.5 Å². The lowest BCUT2D eigenvalue weighted by Crippen LogP contribution is -2.50. The highest BCUT2D eigenvalue weighted by Crippen LogP contribution is 2.23. The van der Waals surface area contributed by atoms with Gasteiger partial charge in [-0.2, -0.15) is 0 Å². The van der Waals surface area contributed by atoms with Crippen LogP contribution in [0.5, 0.6) is 0 Å². The van der Waals surface area contributed by atoms with Crippen molar-refractivity contribution in [1.82, 2.24) is 10.2 Å². The van der Waals surface area contributed by atoms with Gasteiger partial charge >= 0.3 is 11.8 Å². The second kappa shape index (κ2) is 8.14. The molecule has 0 aromatic heterocycles. The van der Waals surface area contributed by atoms with Crippen molar-refractivity contribution in [2.75, 3.05) is 0 Å². The minimum Gasteiger partial charge on any atom is -0.345 e. The Bertz CT molecular complexity index is 527. The van der Waals surface area contributed by atoms with Gasteiger partial charge in [-0.1, -0.05) is 50.1 Å². The summed E-state index contributed by atoms with van der Waals surface area (Å²) in [6.07, 6.45) is 4.44. The van der Waals surface area contributed by atoms with Crippen molar-refractivity contribution in [3.05, 3.63) is 35.9 Å². The molecule has 2 rings (SSSR count). The molecule has 4 heteroatoms. The maximum atomic E-state index is 12.6. The van der Waals surface area contributed by atoms with E-state index in [4.69, 9.17) is 0 Å². The minimum atomic E-state index is -0.464. The van der Waals surface area contributed by atoms with Gasteiger partial charge in [0, 0.05) is 18.6 Å². The van der Waals surface area contributed by atoms with Crippen LogP contribution in [0.15, 0.2) is 30.3 Å². The van der Waals surface area contributed by atoms with E-state index in [1.54, 1.807) is 4.90 Å². The fourth-order valence-corrected chi connectivity index (χ4v) is 3.16. The molecule has 0 radical (unpaired) electrons. The molecule has 126 valence electrons. The topological polar surface area (TPSA) is 49.4 Å². The van der Waals surface area contributed by atoms with Crippen LogP contribution < -0.4 is 5.32 Å². The number of hydrogen-bond donors (Lipinski definition) is 1. The summed E-state index contributed by atoms with van der Waals surface area (Å²) >= 11 is 0. The summed E-state index contributed by atoms with van der Waals surface area (Å²) in [4.78, 5) is 26.6. The largest absolute Gasteiger partial charge is 0.345 e. The van der Waals surface area contributed by atoms with Gasteiger partial charge in [0.2, 0.25) is 0 Å². The van der Waals surface area contributed by atoms with E-state index in [1.807, 2.05) is 44.2 Å². The van der Waals surface area contributed by atoms with E-state index < -0.39 is 11.8 Å². The first kappa shape index (κ1) is 17.5.